The number of aromatic amines is 1. The van der Waals surface area contributed by atoms with E-state index in [2.05, 4.69) is 44.2 Å². The predicted molar refractivity (Wildman–Crippen MR) is 82.2 cm³/mol. The second-order valence-corrected chi connectivity index (χ2v) is 5.60. The number of anilines is 1. The van der Waals surface area contributed by atoms with Crippen molar-refractivity contribution >= 4 is 5.95 Å². The van der Waals surface area contributed by atoms with Crippen LogP contribution in [0.3, 0.4) is 0 Å². The smallest absolute Gasteiger partial charge is 0.225 e. The molecule has 3 heterocycles. The van der Waals surface area contributed by atoms with Crippen molar-refractivity contribution in [2.24, 2.45) is 0 Å². The van der Waals surface area contributed by atoms with Crippen molar-refractivity contribution in [3.05, 3.63) is 35.4 Å². The van der Waals surface area contributed by atoms with Crippen LogP contribution in [0.2, 0.25) is 0 Å². The summed E-state index contributed by atoms with van der Waals surface area (Å²) < 4.78 is 0. The Balaban J connectivity index is 1.50. The van der Waals surface area contributed by atoms with Crippen molar-refractivity contribution in [3.8, 4) is 0 Å². The lowest BCUT2D eigenvalue weighted by Gasteiger charge is -2.32. The van der Waals surface area contributed by atoms with E-state index in [0.717, 1.165) is 49.8 Å². The quantitative estimate of drug-likeness (QED) is 0.893. The van der Waals surface area contributed by atoms with Crippen LogP contribution in [0.15, 0.2) is 18.5 Å². The Morgan fingerprint density at radius 3 is 2.57 bits per heavy atom. The summed E-state index contributed by atoms with van der Waals surface area (Å²) in [6, 6.07) is 2.41. The summed E-state index contributed by atoms with van der Waals surface area (Å²) >= 11 is 0. The zero-order valence-corrected chi connectivity index (χ0v) is 12.6. The Bertz CT molecular complexity index is 552. The highest BCUT2D eigenvalue weighted by atomic mass is 15.3. The molecule has 2 aromatic heterocycles. The molecule has 1 fully saturated rings. The zero-order chi connectivity index (χ0) is 14.7. The van der Waals surface area contributed by atoms with Crippen LogP contribution in [-0.2, 0) is 6.54 Å². The molecule has 1 saturated heterocycles. The van der Waals surface area contributed by atoms with Crippen molar-refractivity contribution in [2.45, 2.75) is 39.3 Å². The highest BCUT2D eigenvalue weighted by Gasteiger charge is 2.20. The number of hydrogen-bond donors (Lipinski definition) is 2. The molecule has 0 spiro atoms. The van der Waals surface area contributed by atoms with Gasteiger partial charge in [0.15, 0.2) is 0 Å². The van der Waals surface area contributed by atoms with Gasteiger partial charge in [0.2, 0.25) is 5.95 Å². The molecule has 6 nitrogen and oxygen atoms in total. The summed E-state index contributed by atoms with van der Waals surface area (Å²) in [5.41, 5.74) is 3.55. The number of nitrogens with zero attached hydrogens (tertiary/aromatic N) is 4. The standard InChI is InChI=1S/C15H22N6/c1-11-14(12(2)20-19-11)10-18-13-4-8-21(9-5-13)15-16-6-3-7-17-15/h3,6-7,13,18H,4-5,8-10H2,1-2H3,(H,19,20). The van der Waals surface area contributed by atoms with Crippen molar-refractivity contribution in [1.29, 1.82) is 0 Å². The molecule has 0 unspecified atom stereocenters. The van der Waals surface area contributed by atoms with Gasteiger partial charge >= 0.3 is 0 Å². The van der Waals surface area contributed by atoms with E-state index in [1.807, 2.05) is 6.07 Å². The molecule has 0 aliphatic carbocycles. The molecule has 2 N–H and O–H groups in total. The summed E-state index contributed by atoms with van der Waals surface area (Å²) in [5.74, 6) is 0.845. The molecule has 1 aliphatic rings. The Hall–Kier alpha value is -1.95. The van der Waals surface area contributed by atoms with Crippen LogP contribution in [0.25, 0.3) is 0 Å². The first-order chi connectivity index (χ1) is 10.2. The Kier molecular flexibility index (Phi) is 4.15. The fraction of sp³-hybridized carbons (Fsp3) is 0.533. The van der Waals surface area contributed by atoms with E-state index in [1.165, 1.54) is 5.56 Å². The normalized spacial score (nSPS) is 16.4. The molecule has 0 amide bonds. The number of aromatic nitrogens is 4. The highest BCUT2D eigenvalue weighted by Crippen LogP contribution is 2.16. The average Bonchev–Trinajstić information content (AvgIpc) is 2.85. The molecule has 2 aromatic rings. The predicted octanol–water partition coefficient (Wildman–Crippen LogP) is 1.58. The maximum Gasteiger partial charge on any atom is 0.225 e. The summed E-state index contributed by atoms with van der Waals surface area (Å²) in [6.45, 7) is 7.03. The van der Waals surface area contributed by atoms with Gasteiger partial charge in [0.1, 0.15) is 0 Å². The zero-order valence-electron chi connectivity index (χ0n) is 12.6. The Labute approximate surface area is 125 Å². The van der Waals surface area contributed by atoms with Gasteiger partial charge in [-0.2, -0.15) is 5.10 Å². The van der Waals surface area contributed by atoms with E-state index >= 15 is 0 Å². The van der Waals surface area contributed by atoms with E-state index in [9.17, 15) is 0 Å². The molecule has 0 aromatic carbocycles. The number of hydrogen-bond acceptors (Lipinski definition) is 5. The largest absolute Gasteiger partial charge is 0.341 e. The molecular formula is C15H22N6. The van der Waals surface area contributed by atoms with Gasteiger partial charge in [-0.1, -0.05) is 0 Å². The molecular weight excluding hydrogens is 264 g/mol. The molecule has 6 heteroatoms. The monoisotopic (exact) mass is 286 g/mol. The molecule has 0 atom stereocenters. The SMILES string of the molecule is Cc1n[nH]c(C)c1CNC1CCN(c2ncccn2)CC1. The number of piperidine rings is 1. The minimum atomic E-state index is 0.554. The first-order valence-electron chi connectivity index (χ1n) is 7.50. The van der Waals surface area contributed by atoms with Gasteiger partial charge in [-0.25, -0.2) is 9.97 Å². The summed E-state index contributed by atoms with van der Waals surface area (Å²) in [6.07, 6.45) is 5.84. The third kappa shape index (κ3) is 3.21. The maximum absolute atomic E-state index is 4.32. The van der Waals surface area contributed by atoms with Crippen LogP contribution < -0.4 is 10.2 Å². The first-order valence-corrected chi connectivity index (χ1v) is 7.50. The van der Waals surface area contributed by atoms with Crippen LogP contribution in [0, 0.1) is 13.8 Å². The Morgan fingerprint density at radius 2 is 1.95 bits per heavy atom. The van der Waals surface area contributed by atoms with Gasteiger partial charge < -0.3 is 10.2 Å². The lowest BCUT2D eigenvalue weighted by Crippen LogP contribution is -2.43. The van der Waals surface area contributed by atoms with Crippen molar-refractivity contribution in [1.82, 2.24) is 25.5 Å². The number of H-pyrrole nitrogens is 1. The van der Waals surface area contributed by atoms with E-state index in [-0.39, 0.29) is 0 Å². The van der Waals surface area contributed by atoms with E-state index < -0.39 is 0 Å². The lowest BCUT2D eigenvalue weighted by molar-refractivity contribution is 0.410. The number of aryl methyl sites for hydroxylation is 2. The molecule has 21 heavy (non-hydrogen) atoms. The van der Waals surface area contributed by atoms with E-state index in [0.29, 0.717) is 6.04 Å². The minimum absolute atomic E-state index is 0.554. The second kappa shape index (κ2) is 6.22. The fourth-order valence-corrected chi connectivity index (χ4v) is 2.82. The summed E-state index contributed by atoms with van der Waals surface area (Å²) in [4.78, 5) is 10.9. The van der Waals surface area contributed by atoms with Gasteiger partial charge in [-0.05, 0) is 32.8 Å². The van der Waals surface area contributed by atoms with Crippen molar-refractivity contribution in [3.63, 3.8) is 0 Å². The highest BCUT2D eigenvalue weighted by molar-refractivity contribution is 5.29. The number of rotatable bonds is 4. The van der Waals surface area contributed by atoms with Gasteiger partial charge in [0.25, 0.3) is 0 Å². The van der Waals surface area contributed by atoms with Gasteiger partial charge in [-0.3, -0.25) is 5.10 Å². The number of nitrogens with one attached hydrogen (secondary N) is 2. The maximum atomic E-state index is 4.32. The molecule has 0 bridgehead atoms. The summed E-state index contributed by atoms with van der Waals surface area (Å²) in [7, 11) is 0. The van der Waals surface area contributed by atoms with Gasteiger partial charge in [0.05, 0.1) is 5.69 Å². The van der Waals surface area contributed by atoms with Crippen LogP contribution in [0.5, 0.6) is 0 Å². The molecule has 3 rings (SSSR count). The minimum Gasteiger partial charge on any atom is -0.341 e. The summed E-state index contributed by atoms with van der Waals surface area (Å²) in [5, 5.41) is 10.9. The van der Waals surface area contributed by atoms with Gasteiger partial charge in [0, 0.05) is 49.3 Å². The lowest BCUT2D eigenvalue weighted by atomic mass is 10.0. The van der Waals surface area contributed by atoms with Crippen molar-refractivity contribution < 1.29 is 0 Å². The molecule has 0 radical (unpaired) electrons. The fourth-order valence-electron chi connectivity index (χ4n) is 2.82. The van der Waals surface area contributed by atoms with Crippen LogP contribution in [-0.4, -0.2) is 39.3 Å². The molecule has 112 valence electrons. The topological polar surface area (TPSA) is 69.7 Å². The average molecular weight is 286 g/mol. The van der Waals surface area contributed by atoms with Crippen LogP contribution >= 0.6 is 0 Å². The first kappa shape index (κ1) is 14.0. The Morgan fingerprint density at radius 1 is 1.24 bits per heavy atom. The second-order valence-electron chi connectivity index (χ2n) is 5.60. The molecule has 0 saturated carbocycles. The van der Waals surface area contributed by atoms with E-state index in [4.69, 9.17) is 0 Å². The molecule has 1 aliphatic heterocycles. The van der Waals surface area contributed by atoms with E-state index in [1.54, 1.807) is 12.4 Å². The van der Waals surface area contributed by atoms with Crippen LogP contribution in [0.4, 0.5) is 5.95 Å². The van der Waals surface area contributed by atoms with Crippen LogP contribution in [0.1, 0.15) is 29.8 Å². The third-order valence-electron chi connectivity index (χ3n) is 4.18. The third-order valence-corrected chi connectivity index (χ3v) is 4.18. The van der Waals surface area contributed by atoms with Gasteiger partial charge in [-0.15, -0.1) is 0 Å². The van der Waals surface area contributed by atoms with Crippen molar-refractivity contribution in [2.75, 3.05) is 18.0 Å².